The third-order valence-corrected chi connectivity index (χ3v) is 2.50. The second-order valence-corrected chi connectivity index (χ2v) is 3.85. The topological polar surface area (TPSA) is 49.4 Å². The number of carbonyl (C=O) groups excluding carboxylic acids is 2. The minimum Gasteiger partial charge on any atom is -0.354 e. The molecule has 0 fully saturated rings. The molecule has 0 atom stereocenters. The highest BCUT2D eigenvalue weighted by molar-refractivity contribution is 5.91. The van der Waals surface area contributed by atoms with Gasteiger partial charge in [0.2, 0.25) is 11.8 Å². The van der Waals surface area contributed by atoms with Crippen LogP contribution in [0.2, 0.25) is 0 Å². The van der Waals surface area contributed by atoms with Gasteiger partial charge in [-0.1, -0.05) is 6.92 Å². The third kappa shape index (κ3) is 4.16. The van der Waals surface area contributed by atoms with E-state index in [-0.39, 0.29) is 17.6 Å². The number of amides is 2. The second kappa shape index (κ2) is 6.74. The van der Waals surface area contributed by atoms with Gasteiger partial charge < -0.3 is 10.2 Å². The lowest BCUT2D eigenvalue weighted by atomic mass is 10.2. The number of nitrogens with zero attached hydrogens (tertiary/aromatic N) is 1. The summed E-state index contributed by atoms with van der Waals surface area (Å²) in [6, 6.07) is 5.68. The van der Waals surface area contributed by atoms with E-state index in [0.717, 1.165) is 0 Å². The SMILES string of the molecule is CCC(=O)NCCN(C(C)=O)c1ccc(F)cc1. The Morgan fingerprint density at radius 2 is 1.89 bits per heavy atom. The summed E-state index contributed by atoms with van der Waals surface area (Å²) in [5, 5.41) is 2.69. The van der Waals surface area contributed by atoms with Crippen LogP contribution in [0.5, 0.6) is 0 Å². The average molecular weight is 252 g/mol. The molecule has 0 radical (unpaired) electrons. The number of hydrogen-bond donors (Lipinski definition) is 1. The van der Waals surface area contributed by atoms with Crippen molar-refractivity contribution in [3.05, 3.63) is 30.1 Å². The first kappa shape index (κ1) is 14.2. The Kier molecular flexibility index (Phi) is 5.30. The molecule has 0 heterocycles. The molecule has 0 aliphatic rings. The maximum atomic E-state index is 12.8. The molecule has 0 aromatic heterocycles. The molecule has 2 amide bonds. The molecular weight excluding hydrogens is 235 g/mol. The molecule has 4 nitrogen and oxygen atoms in total. The maximum absolute atomic E-state index is 12.8. The smallest absolute Gasteiger partial charge is 0.223 e. The Morgan fingerprint density at radius 3 is 2.39 bits per heavy atom. The predicted molar refractivity (Wildman–Crippen MR) is 67.7 cm³/mol. The number of carbonyl (C=O) groups is 2. The van der Waals surface area contributed by atoms with Crippen LogP contribution in [0.25, 0.3) is 0 Å². The average Bonchev–Trinajstić information content (AvgIpc) is 2.35. The fourth-order valence-electron chi connectivity index (χ4n) is 1.52. The Morgan fingerprint density at radius 1 is 1.28 bits per heavy atom. The fourth-order valence-corrected chi connectivity index (χ4v) is 1.52. The van der Waals surface area contributed by atoms with E-state index in [1.165, 1.54) is 24.0 Å². The molecule has 0 unspecified atom stereocenters. The number of anilines is 1. The standard InChI is InChI=1S/C13H17FN2O2/c1-3-13(18)15-8-9-16(10(2)17)12-6-4-11(14)5-7-12/h4-7H,3,8-9H2,1-2H3,(H,15,18). The molecule has 1 rings (SSSR count). The summed E-state index contributed by atoms with van der Waals surface area (Å²) in [5.74, 6) is -0.550. The molecule has 1 aromatic carbocycles. The van der Waals surface area contributed by atoms with Crippen molar-refractivity contribution in [3.63, 3.8) is 0 Å². The quantitative estimate of drug-likeness (QED) is 0.867. The Balaban J connectivity index is 2.63. The third-order valence-electron chi connectivity index (χ3n) is 2.50. The van der Waals surface area contributed by atoms with Crippen molar-refractivity contribution in [2.24, 2.45) is 0 Å². The summed E-state index contributed by atoms with van der Waals surface area (Å²) in [4.78, 5) is 24.1. The number of nitrogens with one attached hydrogen (secondary N) is 1. The van der Waals surface area contributed by atoms with Crippen molar-refractivity contribution in [2.45, 2.75) is 20.3 Å². The molecule has 1 N–H and O–H groups in total. The summed E-state index contributed by atoms with van der Waals surface area (Å²) in [6.07, 6.45) is 0.413. The van der Waals surface area contributed by atoms with Crippen LogP contribution in [0.3, 0.4) is 0 Å². The van der Waals surface area contributed by atoms with E-state index in [9.17, 15) is 14.0 Å². The largest absolute Gasteiger partial charge is 0.354 e. The van der Waals surface area contributed by atoms with Gasteiger partial charge in [-0.15, -0.1) is 0 Å². The highest BCUT2D eigenvalue weighted by Gasteiger charge is 2.11. The lowest BCUT2D eigenvalue weighted by molar-refractivity contribution is -0.121. The second-order valence-electron chi connectivity index (χ2n) is 3.85. The summed E-state index contributed by atoms with van der Waals surface area (Å²) in [7, 11) is 0. The van der Waals surface area contributed by atoms with Gasteiger partial charge in [0, 0.05) is 32.1 Å². The van der Waals surface area contributed by atoms with Gasteiger partial charge >= 0.3 is 0 Å². The fraction of sp³-hybridized carbons (Fsp3) is 0.385. The molecule has 18 heavy (non-hydrogen) atoms. The Bertz CT molecular complexity index is 418. The zero-order valence-corrected chi connectivity index (χ0v) is 10.6. The molecule has 98 valence electrons. The summed E-state index contributed by atoms with van der Waals surface area (Å²) in [6.45, 7) is 3.94. The summed E-state index contributed by atoms with van der Waals surface area (Å²) < 4.78 is 12.8. The van der Waals surface area contributed by atoms with Crippen LogP contribution in [-0.4, -0.2) is 24.9 Å². The Labute approximate surface area is 106 Å². The Hall–Kier alpha value is -1.91. The summed E-state index contributed by atoms with van der Waals surface area (Å²) >= 11 is 0. The van der Waals surface area contributed by atoms with Gasteiger partial charge in [0.25, 0.3) is 0 Å². The lowest BCUT2D eigenvalue weighted by Crippen LogP contribution is -2.37. The minimum atomic E-state index is -0.346. The van der Waals surface area contributed by atoms with Gasteiger partial charge in [-0.3, -0.25) is 9.59 Å². The van der Waals surface area contributed by atoms with Crippen molar-refractivity contribution < 1.29 is 14.0 Å². The zero-order valence-electron chi connectivity index (χ0n) is 10.6. The first-order chi connectivity index (χ1) is 8.54. The van der Waals surface area contributed by atoms with Crippen LogP contribution in [0.1, 0.15) is 20.3 Å². The van der Waals surface area contributed by atoms with Gasteiger partial charge in [-0.25, -0.2) is 4.39 Å². The van der Waals surface area contributed by atoms with E-state index >= 15 is 0 Å². The van der Waals surface area contributed by atoms with E-state index in [1.54, 1.807) is 19.1 Å². The molecule has 0 saturated heterocycles. The van der Waals surface area contributed by atoms with E-state index in [0.29, 0.717) is 25.2 Å². The van der Waals surface area contributed by atoms with Crippen LogP contribution in [0, 0.1) is 5.82 Å². The molecule has 0 bridgehead atoms. The summed E-state index contributed by atoms with van der Waals surface area (Å²) in [5.41, 5.74) is 0.620. The monoisotopic (exact) mass is 252 g/mol. The van der Waals surface area contributed by atoms with Crippen LogP contribution < -0.4 is 10.2 Å². The highest BCUT2D eigenvalue weighted by atomic mass is 19.1. The molecule has 0 spiro atoms. The van der Waals surface area contributed by atoms with Crippen molar-refractivity contribution in [3.8, 4) is 0 Å². The van der Waals surface area contributed by atoms with E-state index in [4.69, 9.17) is 0 Å². The molecule has 5 heteroatoms. The molecule has 0 saturated carbocycles. The van der Waals surface area contributed by atoms with Crippen molar-refractivity contribution >= 4 is 17.5 Å². The van der Waals surface area contributed by atoms with Crippen molar-refractivity contribution in [1.29, 1.82) is 0 Å². The first-order valence-corrected chi connectivity index (χ1v) is 5.85. The van der Waals surface area contributed by atoms with Crippen LogP contribution >= 0.6 is 0 Å². The molecule has 0 aliphatic heterocycles. The number of rotatable bonds is 5. The van der Waals surface area contributed by atoms with Crippen LogP contribution in [0.4, 0.5) is 10.1 Å². The molecular formula is C13H17FN2O2. The van der Waals surface area contributed by atoms with E-state index in [2.05, 4.69) is 5.32 Å². The highest BCUT2D eigenvalue weighted by Crippen LogP contribution is 2.14. The van der Waals surface area contributed by atoms with E-state index in [1.807, 2.05) is 0 Å². The first-order valence-electron chi connectivity index (χ1n) is 5.85. The zero-order chi connectivity index (χ0) is 13.5. The normalized spacial score (nSPS) is 9.94. The van der Waals surface area contributed by atoms with Gasteiger partial charge in [0.15, 0.2) is 0 Å². The van der Waals surface area contributed by atoms with Crippen molar-refractivity contribution in [2.75, 3.05) is 18.0 Å². The van der Waals surface area contributed by atoms with Gasteiger partial charge in [0.1, 0.15) is 5.82 Å². The molecule has 0 aliphatic carbocycles. The van der Waals surface area contributed by atoms with Crippen LogP contribution in [-0.2, 0) is 9.59 Å². The van der Waals surface area contributed by atoms with Crippen molar-refractivity contribution in [1.82, 2.24) is 5.32 Å². The van der Waals surface area contributed by atoms with E-state index < -0.39 is 0 Å². The minimum absolute atomic E-state index is 0.0578. The van der Waals surface area contributed by atoms with Gasteiger partial charge in [-0.05, 0) is 24.3 Å². The number of benzene rings is 1. The molecule has 1 aromatic rings. The lowest BCUT2D eigenvalue weighted by Gasteiger charge is -2.21. The van der Waals surface area contributed by atoms with Gasteiger partial charge in [0.05, 0.1) is 0 Å². The number of halogens is 1. The number of hydrogen-bond acceptors (Lipinski definition) is 2. The van der Waals surface area contributed by atoms with Gasteiger partial charge in [-0.2, -0.15) is 0 Å². The predicted octanol–water partition coefficient (Wildman–Crippen LogP) is 1.70. The maximum Gasteiger partial charge on any atom is 0.223 e. The van der Waals surface area contributed by atoms with Crippen LogP contribution in [0.15, 0.2) is 24.3 Å².